The van der Waals surface area contributed by atoms with Gasteiger partial charge in [0.05, 0.1) is 20.5 Å². The van der Waals surface area contributed by atoms with Gasteiger partial charge in [-0.05, 0) is 30.5 Å². The molecule has 0 aliphatic rings. The number of aliphatic hydroxyl groups excluding tert-OH is 1. The fraction of sp³-hybridized carbons (Fsp3) is 0.385. The van der Waals surface area contributed by atoms with Gasteiger partial charge in [-0.3, -0.25) is 0 Å². The number of aliphatic hydroxyl groups is 1. The summed E-state index contributed by atoms with van der Waals surface area (Å²) < 4.78 is 16.1. The first-order chi connectivity index (χ1) is 8.31. The lowest BCUT2D eigenvalue weighted by molar-refractivity contribution is 0.287. The molecule has 4 heteroatoms. The zero-order valence-corrected chi connectivity index (χ0v) is 10.0. The molecule has 1 aromatic carbocycles. The second-order valence-corrected chi connectivity index (χ2v) is 3.77. The number of hydrogen-bond donors (Lipinski definition) is 1. The topological polar surface area (TPSA) is 51.8 Å². The number of rotatable bonds is 5. The van der Waals surface area contributed by atoms with Gasteiger partial charge in [0.15, 0.2) is 11.3 Å². The molecule has 2 rings (SSSR count). The second kappa shape index (κ2) is 5.10. The number of furan rings is 1. The quantitative estimate of drug-likeness (QED) is 0.866. The molecule has 1 N–H and O–H groups in total. The molecule has 1 aromatic heterocycles. The van der Waals surface area contributed by atoms with Crippen molar-refractivity contribution in [2.75, 3.05) is 20.8 Å². The van der Waals surface area contributed by atoms with Crippen molar-refractivity contribution in [2.45, 2.75) is 12.8 Å². The summed E-state index contributed by atoms with van der Waals surface area (Å²) >= 11 is 0. The molecule has 0 spiro atoms. The summed E-state index contributed by atoms with van der Waals surface area (Å²) in [6.07, 6.45) is 3.07. The number of methoxy groups -OCH3 is 2. The summed E-state index contributed by atoms with van der Waals surface area (Å²) in [6, 6.07) is 3.90. The molecule has 0 atom stereocenters. The Morgan fingerprint density at radius 2 is 2.00 bits per heavy atom. The van der Waals surface area contributed by atoms with Crippen molar-refractivity contribution in [3.8, 4) is 11.5 Å². The normalized spacial score (nSPS) is 10.8. The van der Waals surface area contributed by atoms with Gasteiger partial charge >= 0.3 is 0 Å². The summed E-state index contributed by atoms with van der Waals surface area (Å²) in [5, 5.41) is 9.88. The average molecular weight is 236 g/mol. The first kappa shape index (κ1) is 11.8. The van der Waals surface area contributed by atoms with E-state index in [2.05, 4.69) is 0 Å². The van der Waals surface area contributed by atoms with E-state index in [0.29, 0.717) is 23.5 Å². The first-order valence-electron chi connectivity index (χ1n) is 5.53. The SMILES string of the molecule is COc1c(CCCO)cc2ccoc2c1OC. The third-order valence-corrected chi connectivity index (χ3v) is 2.74. The molecule has 0 aliphatic carbocycles. The van der Waals surface area contributed by atoms with Crippen LogP contribution in [0, 0.1) is 0 Å². The molecule has 0 saturated carbocycles. The van der Waals surface area contributed by atoms with E-state index in [-0.39, 0.29) is 6.61 Å². The van der Waals surface area contributed by atoms with E-state index in [1.54, 1.807) is 20.5 Å². The Morgan fingerprint density at radius 1 is 1.24 bits per heavy atom. The molecule has 92 valence electrons. The van der Waals surface area contributed by atoms with Crippen molar-refractivity contribution < 1.29 is 19.0 Å². The van der Waals surface area contributed by atoms with Crippen molar-refractivity contribution >= 4 is 11.0 Å². The van der Waals surface area contributed by atoms with Crippen LogP contribution in [0.25, 0.3) is 11.0 Å². The Balaban J connectivity index is 2.56. The second-order valence-electron chi connectivity index (χ2n) is 3.77. The number of hydrogen-bond acceptors (Lipinski definition) is 4. The summed E-state index contributed by atoms with van der Waals surface area (Å²) in [5.41, 5.74) is 1.71. The van der Waals surface area contributed by atoms with E-state index in [1.165, 1.54) is 0 Å². The van der Waals surface area contributed by atoms with Crippen molar-refractivity contribution in [3.63, 3.8) is 0 Å². The predicted molar refractivity (Wildman–Crippen MR) is 64.7 cm³/mol. The van der Waals surface area contributed by atoms with Crippen molar-refractivity contribution in [1.29, 1.82) is 0 Å². The summed E-state index contributed by atoms with van der Waals surface area (Å²) in [6.45, 7) is 0.162. The summed E-state index contributed by atoms with van der Waals surface area (Å²) in [4.78, 5) is 0. The Labute approximate surface area is 99.8 Å². The van der Waals surface area contributed by atoms with Gasteiger partial charge in [-0.2, -0.15) is 0 Å². The maximum atomic E-state index is 8.90. The average Bonchev–Trinajstić information content (AvgIpc) is 2.81. The highest BCUT2D eigenvalue weighted by molar-refractivity contribution is 5.87. The Bertz CT molecular complexity index is 501. The van der Waals surface area contributed by atoms with Crippen molar-refractivity contribution in [3.05, 3.63) is 24.0 Å². The third kappa shape index (κ3) is 2.08. The van der Waals surface area contributed by atoms with E-state index in [1.807, 2.05) is 12.1 Å². The van der Waals surface area contributed by atoms with Gasteiger partial charge in [0.2, 0.25) is 5.75 Å². The lowest BCUT2D eigenvalue weighted by atomic mass is 10.1. The lowest BCUT2D eigenvalue weighted by Crippen LogP contribution is -1.98. The molecule has 1 heterocycles. The molecular weight excluding hydrogens is 220 g/mol. The minimum atomic E-state index is 0.162. The Morgan fingerprint density at radius 3 is 2.65 bits per heavy atom. The highest BCUT2D eigenvalue weighted by Gasteiger charge is 2.16. The maximum absolute atomic E-state index is 8.90. The zero-order valence-electron chi connectivity index (χ0n) is 10.0. The largest absolute Gasteiger partial charge is 0.492 e. The van der Waals surface area contributed by atoms with Gasteiger partial charge < -0.3 is 19.0 Å². The van der Waals surface area contributed by atoms with Crippen LogP contribution < -0.4 is 9.47 Å². The van der Waals surface area contributed by atoms with Gasteiger partial charge in [-0.25, -0.2) is 0 Å². The third-order valence-electron chi connectivity index (χ3n) is 2.74. The van der Waals surface area contributed by atoms with E-state index in [4.69, 9.17) is 19.0 Å². The predicted octanol–water partition coefficient (Wildman–Crippen LogP) is 2.37. The number of benzene rings is 1. The minimum Gasteiger partial charge on any atom is -0.492 e. The Kier molecular flexibility index (Phi) is 3.54. The molecule has 0 bridgehead atoms. The van der Waals surface area contributed by atoms with Gasteiger partial charge in [-0.1, -0.05) is 0 Å². The van der Waals surface area contributed by atoms with Gasteiger partial charge in [0.25, 0.3) is 0 Å². The first-order valence-corrected chi connectivity index (χ1v) is 5.53. The summed E-state index contributed by atoms with van der Waals surface area (Å²) in [7, 11) is 3.20. The smallest absolute Gasteiger partial charge is 0.204 e. The molecule has 0 unspecified atom stereocenters. The highest BCUT2D eigenvalue weighted by Crippen LogP contribution is 2.39. The van der Waals surface area contributed by atoms with Crippen LogP contribution in [-0.4, -0.2) is 25.9 Å². The van der Waals surface area contributed by atoms with Gasteiger partial charge in [0.1, 0.15) is 0 Å². The molecule has 0 amide bonds. The van der Waals surface area contributed by atoms with Crippen LogP contribution in [0.3, 0.4) is 0 Å². The molecule has 0 saturated heterocycles. The maximum Gasteiger partial charge on any atom is 0.204 e. The van der Waals surface area contributed by atoms with Crippen LogP contribution in [0.5, 0.6) is 11.5 Å². The molecule has 0 radical (unpaired) electrons. The number of fused-ring (bicyclic) bond motifs is 1. The van der Waals surface area contributed by atoms with Crippen LogP contribution >= 0.6 is 0 Å². The van der Waals surface area contributed by atoms with E-state index in [0.717, 1.165) is 17.4 Å². The van der Waals surface area contributed by atoms with Crippen molar-refractivity contribution in [1.82, 2.24) is 0 Å². The molecular formula is C13H16O4. The molecule has 2 aromatic rings. The minimum absolute atomic E-state index is 0.162. The zero-order chi connectivity index (χ0) is 12.3. The standard InChI is InChI=1S/C13H16O4/c1-15-11-9(4-3-6-14)8-10-5-7-17-12(10)13(11)16-2/h5,7-8,14H,3-4,6H2,1-2H3. The Hall–Kier alpha value is -1.68. The van der Waals surface area contributed by atoms with Crippen molar-refractivity contribution in [2.24, 2.45) is 0 Å². The molecule has 0 aliphatic heterocycles. The number of ether oxygens (including phenoxy) is 2. The molecule has 4 nitrogen and oxygen atoms in total. The van der Waals surface area contributed by atoms with Crippen LogP contribution in [-0.2, 0) is 6.42 Å². The fourth-order valence-electron chi connectivity index (χ4n) is 1.98. The van der Waals surface area contributed by atoms with E-state index < -0.39 is 0 Å². The van der Waals surface area contributed by atoms with Gasteiger partial charge in [0, 0.05) is 12.0 Å². The fourth-order valence-corrected chi connectivity index (χ4v) is 1.98. The van der Waals surface area contributed by atoms with Gasteiger partial charge in [-0.15, -0.1) is 0 Å². The van der Waals surface area contributed by atoms with Crippen LogP contribution in [0.15, 0.2) is 22.8 Å². The highest BCUT2D eigenvalue weighted by atomic mass is 16.5. The van der Waals surface area contributed by atoms with Crippen LogP contribution in [0.2, 0.25) is 0 Å². The lowest BCUT2D eigenvalue weighted by Gasteiger charge is -2.12. The number of aryl methyl sites for hydroxylation is 1. The molecule has 17 heavy (non-hydrogen) atoms. The van der Waals surface area contributed by atoms with E-state index >= 15 is 0 Å². The monoisotopic (exact) mass is 236 g/mol. The van der Waals surface area contributed by atoms with E-state index in [9.17, 15) is 0 Å². The van der Waals surface area contributed by atoms with Crippen LogP contribution in [0.4, 0.5) is 0 Å². The molecule has 0 fully saturated rings. The summed E-state index contributed by atoms with van der Waals surface area (Å²) in [5.74, 6) is 1.30. The van der Waals surface area contributed by atoms with Crippen LogP contribution in [0.1, 0.15) is 12.0 Å².